The molecule has 1 rings (SSSR count). The van der Waals surface area contributed by atoms with Crippen molar-refractivity contribution < 1.29 is 19.1 Å². The molecule has 0 aromatic heterocycles. The van der Waals surface area contributed by atoms with Gasteiger partial charge >= 0.3 is 7.60 Å². The molecule has 0 heterocycles. The molecule has 1 aromatic rings. The summed E-state index contributed by atoms with van der Waals surface area (Å²) in [6.45, 7) is 1.58. The van der Waals surface area contributed by atoms with Crippen molar-refractivity contribution in [2.75, 3.05) is 0 Å². The Morgan fingerprint density at radius 3 is 2.43 bits per heavy atom. The van der Waals surface area contributed by atoms with Gasteiger partial charge in [-0.15, -0.1) is 0 Å². The molecule has 0 saturated heterocycles. The lowest BCUT2D eigenvalue weighted by atomic mass is 10.2. The van der Waals surface area contributed by atoms with Crippen LogP contribution in [-0.2, 0) is 15.9 Å². The van der Waals surface area contributed by atoms with Crippen molar-refractivity contribution >= 4 is 7.60 Å². The van der Waals surface area contributed by atoms with E-state index in [9.17, 15) is 4.57 Å². The van der Waals surface area contributed by atoms with Crippen molar-refractivity contribution in [1.29, 1.82) is 0 Å². The van der Waals surface area contributed by atoms with Crippen molar-refractivity contribution in [3.8, 4) is 0 Å². The maximum atomic E-state index is 10.7. The Morgan fingerprint density at radius 2 is 1.93 bits per heavy atom. The van der Waals surface area contributed by atoms with Crippen LogP contribution in [0.2, 0.25) is 0 Å². The number of ether oxygens (including phenoxy) is 1. The van der Waals surface area contributed by atoms with Crippen LogP contribution >= 0.6 is 7.60 Å². The summed E-state index contributed by atoms with van der Waals surface area (Å²) < 4.78 is 15.8. The van der Waals surface area contributed by atoms with Crippen molar-refractivity contribution in [3.05, 3.63) is 35.9 Å². The largest absolute Gasteiger partial charge is 0.361 e. The molecule has 4 nitrogen and oxygen atoms in total. The maximum absolute atomic E-state index is 10.7. The van der Waals surface area contributed by atoms with Crippen LogP contribution in [0, 0.1) is 0 Å². The van der Waals surface area contributed by atoms with E-state index >= 15 is 0 Å². The van der Waals surface area contributed by atoms with Gasteiger partial charge in [-0.3, -0.25) is 4.57 Å². The van der Waals surface area contributed by atoms with E-state index in [4.69, 9.17) is 14.5 Å². The van der Waals surface area contributed by atoms with Gasteiger partial charge in [-0.2, -0.15) is 0 Å². The Morgan fingerprint density at radius 1 is 1.36 bits per heavy atom. The van der Waals surface area contributed by atoms with E-state index in [0.29, 0.717) is 0 Å². The molecule has 0 aliphatic carbocycles. The highest BCUT2D eigenvalue weighted by molar-refractivity contribution is 7.52. The molecule has 0 aliphatic heterocycles. The van der Waals surface area contributed by atoms with Crippen molar-refractivity contribution in [2.24, 2.45) is 0 Å². The molecular formula is C9H13O4P. The van der Waals surface area contributed by atoms with Crippen LogP contribution in [0.4, 0.5) is 0 Å². The first-order valence-corrected chi connectivity index (χ1v) is 5.89. The van der Waals surface area contributed by atoms with Gasteiger partial charge in [0.2, 0.25) is 0 Å². The Bertz CT molecular complexity index is 319. The summed E-state index contributed by atoms with van der Waals surface area (Å²) in [4.78, 5) is 17.5. The second kappa shape index (κ2) is 4.71. The molecular weight excluding hydrogens is 203 g/mol. The zero-order valence-corrected chi connectivity index (χ0v) is 8.72. The average molecular weight is 216 g/mol. The Kier molecular flexibility index (Phi) is 3.84. The summed E-state index contributed by atoms with van der Waals surface area (Å²) in [5.41, 5.74) is 0.896. The van der Waals surface area contributed by atoms with Crippen molar-refractivity contribution in [2.45, 2.75) is 19.4 Å². The van der Waals surface area contributed by atoms with Crippen molar-refractivity contribution in [1.82, 2.24) is 0 Å². The van der Waals surface area contributed by atoms with Gasteiger partial charge in [0.15, 0.2) is 5.85 Å². The minimum Gasteiger partial charge on any atom is -0.361 e. The minimum atomic E-state index is -4.12. The highest BCUT2D eigenvalue weighted by atomic mass is 31.2. The van der Waals surface area contributed by atoms with Crippen molar-refractivity contribution in [3.63, 3.8) is 0 Å². The van der Waals surface area contributed by atoms with Gasteiger partial charge in [0.25, 0.3) is 0 Å². The quantitative estimate of drug-likeness (QED) is 0.752. The molecule has 0 fully saturated rings. The van der Waals surface area contributed by atoms with Crippen LogP contribution < -0.4 is 0 Å². The summed E-state index contributed by atoms with van der Waals surface area (Å²) in [5, 5.41) is 0. The summed E-state index contributed by atoms with van der Waals surface area (Å²) >= 11 is 0. The highest BCUT2D eigenvalue weighted by Gasteiger charge is 2.24. The lowest BCUT2D eigenvalue weighted by Crippen LogP contribution is -2.08. The van der Waals surface area contributed by atoms with Crippen LogP contribution in [0.15, 0.2) is 30.3 Å². The lowest BCUT2D eigenvalue weighted by Gasteiger charge is -2.14. The van der Waals surface area contributed by atoms with Crippen LogP contribution in [0.1, 0.15) is 12.5 Å². The molecule has 1 aromatic carbocycles. The molecule has 78 valence electrons. The van der Waals surface area contributed by atoms with Gasteiger partial charge < -0.3 is 14.5 Å². The zero-order chi connectivity index (χ0) is 10.6. The molecule has 0 aliphatic rings. The first-order chi connectivity index (χ1) is 6.50. The topological polar surface area (TPSA) is 66.8 Å². The molecule has 2 N–H and O–H groups in total. The number of hydrogen-bond donors (Lipinski definition) is 2. The predicted molar refractivity (Wildman–Crippen MR) is 52.7 cm³/mol. The van der Waals surface area contributed by atoms with Crippen LogP contribution in [-0.4, -0.2) is 15.6 Å². The second-order valence-corrected chi connectivity index (χ2v) is 4.89. The van der Waals surface area contributed by atoms with E-state index in [1.165, 1.54) is 6.92 Å². The molecule has 0 radical (unpaired) electrons. The van der Waals surface area contributed by atoms with Gasteiger partial charge in [0.1, 0.15) is 0 Å². The minimum absolute atomic E-state index is 0.215. The van der Waals surface area contributed by atoms with Gasteiger partial charge in [0, 0.05) is 0 Å². The number of hydrogen-bond acceptors (Lipinski definition) is 2. The third-order valence-electron chi connectivity index (χ3n) is 1.81. The first kappa shape index (κ1) is 11.4. The normalized spacial score (nSPS) is 13.9. The van der Waals surface area contributed by atoms with Crippen LogP contribution in [0.25, 0.3) is 0 Å². The summed E-state index contributed by atoms with van der Waals surface area (Å²) in [6.07, 6.45) is 0. The van der Waals surface area contributed by atoms with Gasteiger partial charge in [-0.25, -0.2) is 0 Å². The van der Waals surface area contributed by atoms with E-state index in [1.54, 1.807) is 0 Å². The first-order valence-electron chi connectivity index (χ1n) is 4.21. The fourth-order valence-corrected chi connectivity index (χ4v) is 1.16. The van der Waals surface area contributed by atoms with E-state index in [1.807, 2.05) is 30.3 Å². The summed E-state index contributed by atoms with van der Waals surface area (Å²) in [5.74, 6) is -1.05. The molecule has 0 spiro atoms. The fourth-order valence-electron chi connectivity index (χ4n) is 0.888. The molecule has 1 unspecified atom stereocenters. The van der Waals surface area contributed by atoms with Gasteiger partial charge in [0.05, 0.1) is 6.61 Å². The fraction of sp³-hybridized carbons (Fsp3) is 0.333. The standard InChI is InChI=1S/C9H13O4P/c1-8(14(10,11)12)13-7-9-5-3-2-4-6-9/h2-6,8H,7H2,1H3,(H2,10,11,12). The Labute approximate surface area is 82.7 Å². The zero-order valence-electron chi connectivity index (χ0n) is 7.83. The number of rotatable bonds is 4. The predicted octanol–water partition coefficient (Wildman–Crippen LogP) is 1.73. The van der Waals surface area contributed by atoms with E-state index < -0.39 is 13.4 Å². The highest BCUT2D eigenvalue weighted by Crippen LogP contribution is 2.41. The maximum Gasteiger partial charge on any atom is 0.353 e. The van der Waals surface area contributed by atoms with E-state index in [-0.39, 0.29) is 6.61 Å². The lowest BCUT2D eigenvalue weighted by molar-refractivity contribution is 0.0845. The molecule has 0 bridgehead atoms. The van der Waals surface area contributed by atoms with Crippen LogP contribution in [0.5, 0.6) is 0 Å². The van der Waals surface area contributed by atoms with E-state index in [2.05, 4.69) is 0 Å². The average Bonchev–Trinajstić information content (AvgIpc) is 2.14. The monoisotopic (exact) mass is 216 g/mol. The second-order valence-electron chi connectivity index (χ2n) is 2.99. The summed E-state index contributed by atoms with van der Waals surface area (Å²) in [7, 11) is -4.12. The van der Waals surface area contributed by atoms with Gasteiger partial charge in [-0.05, 0) is 12.5 Å². The molecule has 0 saturated carbocycles. The third-order valence-corrected chi connectivity index (χ3v) is 2.90. The smallest absolute Gasteiger partial charge is 0.353 e. The Balaban J connectivity index is 2.46. The van der Waals surface area contributed by atoms with Gasteiger partial charge in [-0.1, -0.05) is 30.3 Å². The molecule has 0 amide bonds. The van der Waals surface area contributed by atoms with Crippen LogP contribution in [0.3, 0.4) is 0 Å². The molecule has 5 heteroatoms. The number of benzene rings is 1. The summed E-state index contributed by atoms with van der Waals surface area (Å²) in [6, 6.07) is 9.25. The third kappa shape index (κ3) is 3.60. The SMILES string of the molecule is CC(OCc1ccccc1)P(=O)(O)O. The molecule has 1 atom stereocenters. The van der Waals surface area contributed by atoms with E-state index in [0.717, 1.165) is 5.56 Å². The molecule has 14 heavy (non-hydrogen) atoms. The Hall–Kier alpha value is -0.670.